The van der Waals surface area contributed by atoms with Crippen molar-refractivity contribution < 1.29 is 19.0 Å². The molecule has 0 fully saturated rings. The minimum Gasteiger partial charge on any atom is -0.497 e. The van der Waals surface area contributed by atoms with Gasteiger partial charge >= 0.3 is 5.97 Å². The summed E-state index contributed by atoms with van der Waals surface area (Å²) in [5.41, 5.74) is 1.14. The van der Waals surface area contributed by atoms with Gasteiger partial charge in [-0.2, -0.15) is 0 Å². The summed E-state index contributed by atoms with van der Waals surface area (Å²) in [5.74, 6) is 0.872. The summed E-state index contributed by atoms with van der Waals surface area (Å²) in [7, 11) is 3.10. The van der Waals surface area contributed by atoms with Crippen LogP contribution in [0, 0.1) is 0 Å². The number of hydrogen-bond acceptors (Lipinski definition) is 7. The third kappa shape index (κ3) is 3.34. The van der Waals surface area contributed by atoms with Crippen molar-refractivity contribution in [2.75, 3.05) is 20.8 Å². The Bertz CT molecular complexity index is 965. The summed E-state index contributed by atoms with van der Waals surface area (Å²) < 4.78 is 17.2. The minimum atomic E-state index is -0.553. The van der Waals surface area contributed by atoms with Crippen LogP contribution in [0.1, 0.15) is 17.4 Å². The fraction of sp³-hybridized carbons (Fsp3) is 0.222. The number of ether oxygens (including phenoxy) is 3. The van der Waals surface area contributed by atoms with E-state index in [2.05, 4.69) is 15.2 Å². The fourth-order valence-electron chi connectivity index (χ4n) is 2.39. The van der Waals surface area contributed by atoms with E-state index in [9.17, 15) is 4.79 Å². The lowest BCUT2D eigenvalue weighted by Gasteiger charge is -2.06. The van der Waals surface area contributed by atoms with Crippen LogP contribution in [0.2, 0.25) is 0 Å². The maximum atomic E-state index is 12.2. The number of methoxy groups -OCH3 is 2. The normalized spacial score (nSPS) is 11.0. The van der Waals surface area contributed by atoms with E-state index in [4.69, 9.17) is 14.2 Å². The van der Waals surface area contributed by atoms with E-state index >= 15 is 0 Å². The monoisotopic (exact) mass is 354 g/mol. The lowest BCUT2D eigenvalue weighted by Crippen LogP contribution is -2.05. The average molecular weight is 354 g/mol. The topological polar surface area (TPSA) is 86.8 Å². The van der Waals surface area contributed by atoms with E-state index in [1.165, 1.54) is 0 Å². The van der Waals surface area contributed by atoms with Crippen molar-refractivity contribution in [3.8, 4) is 11.5 Å². The number of rotatable bonds is 6. The van der Waals surface area contributed by atoms with Crippen molar-refractivity contribution in [3.63, 3.8) is 0 Å². The molecule has 0 amide bonds. The molecule has 3 rings (SSSR count). The van der Waals surface area contributed by atoms with Crippen molar-refractivity contribution in [1.82, 2.24) is 9.38 Å². The van der Waals surface area contributed by atoms with E-state index < -0.39 is 5.97 Å². The summed E-state index contributed by atoms with van der Waals surface area (Å²) >= 11 is 0. The molecule has 0 aliphatic rings. The lowest BCUT2D eigenvalue weighted by molar-refractivity contribution is 0.0521. The van der Waals surface area contributed by atoms with Crippen LogP contribution in [0.4, 0.5) is 11.5 Å². The Balaban J connectivity index is 2.09. The second-order valence-electron chi connectivity index (χ2n) is 5.17. The number of esters is 1. The molecule has 0 bridgehead atoms. The van der Waals surface area contributed by atoms with Crippen molar-refractivity contribution in [3.05, 3.63) is 48.3 Å². The molecule has 1 aromatic carbocycles. The number of imidazole rings is 1. The van der Waals surface area contributed by atoms with Gasteiger partial charge in [-0.15, -0.1) is 10.2 Å². The van der Waals surface area contributed by atoms with Crippen LogP contribution in [0.25, 0.3) is 5.65 Å². The van der Waals surface area contributed by atoms with Crippen LogP contribution in [0.15, 0.2) is 52.8 Å². The van der Waals surface area contributed by atoms with Crippen molar-refractivity contribution in [1.29, 1.82) is 0 Å². The third-order valence-corrected chi connectivity index (χ3v) is 3.61. The standard InChI is InChI=1S/C18H18N4O4/c1-4-26-18(23)16-17(22-10-6-5-7-15(22)19-16)21-20-13-11-12(24-2)8-9-14(13)25-3/h5-11H,4H2,1-3H3. The number of hydrogen-bond donors (Lipinski definition) is 0. The second kappa shape index (κ2) is 7.64. The molecule has 2 heterocycles. The van der Waals surface area contributed by atoms with Crippen LogP contribution >= 0.6 is 0 Å². The number of carbonyl (C=O) groups excluding carboxylic acids is 1. The highest BCUT2D eigenvalue weighted by molar-refractivity contribution is 5.93. The molecule has 8 heteroatoms. The first-order chi connectivity index (χ1) is 12.7. The molecule has 0 aliphatic carbocycles. The Morgan fingerprint density at radius 3 is 2.73 bits per heavy atom. The van der Waals surface area contributed by atoms with Gasteiger partial charge in [0.05, 0.1) is 20.8 Å². The highest BCUT2D eigenvalue weighted by atomic mass is 16.5. The molecule has 0 unspecified atom stereocenters. The summed E-state index contributed by atoms with van der Waals surface area (Å²) in [6.45, 7) is 1.98. The maximum absolute atomic E-state index is 12.2. The molecule has 0 atom stereocenters. The van der Waals surface area contributed by atoms with Crippen molar-refractivity contribution in [2.45, 2.75) is 6.92 Å². The Hall–Kier alpha value is -3.42. The van der Waals surface area contributed by atoms with Gasteiger partial charge in [0.15, 0.2) is 11.5 Å². The molecule has 0 radical (unpaired) electrons. The van der Waals surface area contributed by atoms with Gasteiger partial charge in [0.2, 0.25) is 0 Å². The molecule has 0 N–H and O–H groups in total. The lowest BCUT2D eigenvalue weighted by atomic mass is 10.3. The van der Waals surface area contributed by atoms with E-state index in [0.29, 0.717) is 22.8 Å². The smallest absolute Gasteiger partial charge is 0.360 e. The average Bonchev–Trinajstić information content (AvgIpc) is 3.05. The number of aromatic nitrogens is 2. The van der Waals surface area contributed by atoms with Crippen LogP contribution < -0.4 is 9.47 Å². The predicted molar refractivity (Wildman–Crippen MR) is 94.9 cm³/mol. The summed E-state index contributed by atoms with van der Waals surface area (Å²) in [5, 5.41) is 8.47. The molecule has 0 saturated heterocycles. The first-order valence-corrected chi connectivity index (χ1v) is 7.96. The minimum absolute atomic E-state index is 0.101. The van der Waals surface area contributed by atoms with Gasteiger partial charge in [-0.3, -0.25) is 4.40 Å². The number of carbonyl (C=O) groups is 1. The van der Waals surface area contributed by atoms with Crippen molar-refractivity contribution >= 4 is 23.1 Å². The van der Waals surface area contributed by atoms with Crippen LogP contribution in [0.3, 0.4) is 0 Å². The second-order valence-corrected chi connectivity index (χ2v) is 5.17. The van der Waals surface area contributed by atoms with Crippen molar-refractivity contribution in [2.24, 2.45) is 10.2 Å². The number of azo groups is 1. The molecule has 0 saturated carbocycles. The predicted octanol–water partition coefficient (Wildman–Crippen LogP) is 3.94. The zero-order valence-corrected chi connectivity index (χ0v) is 14.7. The zero-order chi connectivity index (χ0) is 18.5. The highest BCUT2D eigenvalue weighted by Gasteiger charge is 2.20. The molecule has 0 aliphatic heterocycles. The van der Waals surface area contributed by atoms with Gasteiger partial charge in [0, 0.05) is 12.3 Å². The fourth-order valence-corrected chi connectivity index (χ4v) is 2.39. The van der Waals surface area contributed by atoms with Crippen LogP contribution in [-0.2, 0) is 4.74 Å². The van der Waals surface area contributed by atoms with Gasteiger partial charge in [0.25, 0.3) is 0 Å². The maximum Gasteiger partial charge on any atom is 0.360 e. The molecule has 0 spiro atoms. The third-order valence-electron chi connectivity index (χ3n) is 3.61. The number of benzene rings is 1. The molecule has 134 valence electrons. The summed E-state index contributed by atoms with van der Waals surface area (Å²) in [4.78, 5) is 16.5. The highest BCUT2D eigenvalue weighted by Crippen LogP contribution is 2.33. The summed E-state index contributed by atoms with van der Waals surface area (Å²) in [6.07, 6.45) is 1.75. The number of pyridine rings is 1. The van der Waals surface area contributed by atoms with Gasteiger partial charge in [-0.1, -0.05) is 6.07 Å². The van der Waals surface area contributed by atoms with Gasteiger partial charge in [-0.05, 0) is 31.2 Å². The van der Waals surface area contributed by atoms with E-state index in [0.717, 1.165) is 0 Å². The van der Waals surface area contributed by atoms with Gasteiger partial charge in [-0.25, -0.2) is 9.78 Å². The first kappa shape index (κ1) is 17.4. The van der Waals surface area contributed by atoms with Gasteiger partial charge in [0.1, 0.15) is 22.8 Å². The Morgan fingerprint density at radius 1 is 1.15 bits per heavy atom. The molecule has 3 aromatic rings. The Labute approximate surface area is 150 Å². The van der Waals surface area contributed by atoms with E-state index in [-0.39, 0.29) is 18.1 Å². The molecule has 8 nitrogen and oxygen atoms in total. The summed E-state index contributed by atoms with van der Waals surface area (Å²) in [6, 6.07) is 10.6. The van der Waals surface area contributed by atoms with E-state index in [1.54, 1.807) is 56.0 Å². The Kier molecular flexibility index (Phi) is 5.12. The number of nitrogens with zero attached hydrogens (tertiary/aromatic N) is 4. The van der Waals surface area contributed by atoms with Crippen LogP contribution in [0.5, 0.6) is 11.5 Å². The quantitative estimate of drug-likeness (QED) is 0.494. The molecular formula is C18H18N4O4. The molecule has 2 aromatic heterocycles. The SMILES string of the molecule is CCOC(=O)c1nc2ccccn2c1N=Nc1cc(OC)ccc1OC. The zero-order valence-electron chi connectivity index (χ0n) is 14.7. The van der Waals surface area contributed by atoms with Crippen LogP contribution in [-0.4, -0.2) is 36.2 Å². The Morgan fingerprint density at radius 2 is 2.00 bits per heavy atom. The molecule has 26 heavy (non-hydrogen) atoms. The number of fused-ring (bicyclic) bond motifs is 1. The van der Waals surface area contributed by atoms with E-state index in [1.807, 2.05) is 12.1 Å². The van der Waals surface area contributed by atoms with Gasteiger partial charge < -0.3 is 14.2 Å². The molecular weight excluding hydrogens is 336 g/mol. The first-order valence-electron chi connectivity index (χ1n) is 7.96. The largest absolute Gasteiger partial charge is 0.497 e.